The van der Waals surface area contributed by atoms with Crippen LogP contribution >= 0.6 is 0 Å². The molecule has 0 saturated heterocycles. The third kappa shape index (κ3) is 3.68. The first-order valence-corrected chi connectivity index (χ1v) is 8.51. The fourth-order valence-electron chi connectivity index (χ4n) is 2.72. The summed E-state index contributed by atoms with van der Waals surface area (Å²) < 4.78 is 24.0. The first-order chi connectivity index (χ1) is 13.6. The molecule has 0 radical (unpaired) electrons. The van der Waals surface area contributed by atoms with Gasteiger partial charge in [0.1, 0.15) is 11.6 Å². The third-order valence-electron chi connectivity index (χ3n) is 4.09. The van der Waals surface area contributed by atoms with Crippen LogP contribution in [0.25, 0.3) is 23.1 Å². The second-order valence-electron chi connectivity index (χ2n) is 6.09. The van der Waals surface area contributed by atoms with Crippen molar-refractivity contribution in [3.05, 3.63) is 59.9 Å². The Morgan fingerprint density at radius 2 is 1.93 bits per heavy atom. The summed E-state index contributed by atoms with van der Waals surface area (Å²) in [5.41, 5.74) is 8.24. The minimum absolute atomic E-state index is 0.216. The van der Waals surface area contributed by atoms with Crippen LogP contribution in [0, 0.1) is 6.92 Å². The molecule has 0 saturated carbocycles. The molecule has 4 rings (SSSR count). The molecule has 4 aromatic rings. The largest absolute Gasteiger partial charge is 0.463 e. The lowest BCUT2D eigenvalue weighted by molar-refractivity contribution is 0.192. The molecule has 2 aromatic heterocycles. The molecule has 9 heteroatoms. The third-order valence-corrected chi connectivity index (χ3v) is 4.09. The first kappa shape index (κ1) is 17.7. The lowest BCUT2D eigenvalue weighted by atomic mass is 10.2. The van der Waals surface area contributed by atoms with Crippen LogP contribution < -0.4 is 10.5 Å². The number of aromatic nitrogens is 5. The van der Waals surface area contributed by atoms with Crippen molar-refractivity contribution >= 4 is 5.69 Å². The molecule has 0 bridgehead atoms. The molecular formula is C19H17FN6O2. The number of nitrogens with zero attached hydrogens (tertiary/aromatic N) is 5. The van der Waals surface area contributed by atoms with Crippen LogP contribution in [0.2, 0.25) is 0 Å². The minimum atomic E-state index is -0.880. The van der Waals surface area contributed by atoms with E-state index >= 15 is 0 Å². The molecule has 0 amide bonds. The molecule has 2 N–H and O–H groups in total. The van der Waals surface area contributed by atoms with E-state index in [1.165, 1.54) is 0 Å². The number of hydrogen-bond donors (Lipinski definition) is 1. The number of hydrogen-bond acceptors (Lipinski definition) is 7. The van der Waals surface area contributed by atoms with Crippen LogP contribution in [0.4, 0.5) is 10.1 Å². The second-order valence-corrected chi connectivity index (χ2v) is 6.09. The summed E-state index contributed by atoms with van der Waals surface area (Å²) >= 11 is 0. The average Bonchev–Trinajstić information content (AvgIpc) is 3.30. The van der Waals surface area contributed by atoms with Crippen LogP contribution in [0.1, 0.15) is 11.4 Å². The quantitative estimate of drug-likeness (QED) is 0.512. The molecule has 0 aliphatic carbocycles. The maximum absolute atomic E-state index is 12.2. The van der Waals surface area contributed by atoms with Crippen LogP contribution in [-0.4, -0.2) is 31.8 Å². The fraction of sp³-hybridized carbons (Fsp3) is 0.158. The lowest BCUT2D eigenvalue weighted by Crippen LogP contribution is -2.04. The van der Waals surface area contributed by atoms with Crippen LogP contribution in [0.15, 0.2) is 53.1 Å². The average molecular weight is 380 g/mol. The zero-order valence-corrected chi connectivity index (χ0v) is 15.0. The predicted octanol–water partition coefficient (Wildman–Crippen LogP) is 3.24. The van der Waals surface area contributed by atoms with Crippen molar-refractivity contribution < 1.29 is 13.7 Å². The van der Waals surface area contributed by atoms with Gasteiger partial charge in [0.25, 0.3) is 5.89 Å². The van der Waals surface area contributed by atoms with Crippen LogP contribution in [-0.2, 0) is 6.54 Å². The van der Waals surface area contributed by atoms with Gasteiger partial charge in [0.05, 0.1) is 6.54 Å². The van der Waals surface area contributed by atoms with Crippen molar-refractivity contribution in [2.75, 3.05) is 12.6 Å². The Balaban J connectivity index is 1.55. The Morgan fingerprint density at radius 1 is 1.11 bits per heavy atom. The number of rotatable bonds is 6. The minimum Gasteiger partial charge on any atom is -0.463 e. The normalized spacial score (nSPS) is 10.9. The highest BCUT2D eigenvalue weighted by molar-refractivity contribution is 5.57. The summed E-state index contributed by atoms with van der Waals surface area (Å²) in [6.45, 7) is 1.50. The molecule has 0 aliphatic heterocycles. The van der Waals surface area contributed by atoms with Gasteiger partial charge in [-0.25, -0.2) is 14.1 Å². The Labute approximate surface area is 159 Å². The predicted molar refractivity (Wildman–Crippen MR) is 100 cm³/mol. The zero-order valence-electron chi connectivity index (χ0n) is 15.0. The molecule has 0 spiro atoms. The van der Waals surface area contributed by atoms with Crippen LogP contribution in [0.3, 0.4) is 0 Å². The van der Waals surface area contributed by atoms with Crippen molar-refractivity contribution in [3.8, 4) is 28.9 Å². The number of benzene rings is 2. The summed E-state index contributed by atoms with van der Waals surface area (Å²) in [6, 6.07) is 14.3. The van der Waals surface area contributed by atoms with Gasteiger partial charge in [0, 0.05) is 11.3 Å². The van der Waals surface area contributed by atoms with Gasteiger partial charge in [-0.15, -0.1) is 5.10 Å². The van der Waals surface area contributed by atoms with E-state index < -0.39 is 6.86 Å². The molecule has 28 heavy (non-hydrogen) atoms. The van der Waals surface area contributed by atoms with Crippen molar-refractivity contribution in [1.82, 2.24) is 24.9 Å². The van der Waals surface area contributed by atoms with Crippen molar-refractivity contribution in [1.29, 1.82) is 0 Å². The highest BCUT2D eigenvalue weighted by atomic mass is 19.1. The number of aryl methyl sites for hydroxylation is 1. The maximum Gasteiger partial charge on any atom is 0.297 e. The summed E-state index contributed by atoms with van der Waals surface area (Å²) in [7, 11) is 0. The Kier molecular flexibility index (Phi) is 4.71. The number of halogens is 1. The van der Waals surface area contributed by atoms with Gasteiger partial charge in [0.2, 0.25) is 18.5 Å². The molecule has 0 unspecified atom stereocenters. The zero-order chi connectivity index (χ0) is 19.5. The molecular weight excluding hydrogens is 363 g/mol. The lowest BCUT2D eigenvalue weighted by Gasteiger charge is -2.03. The van der Waals surface area contributed by atoms with Gasteiger partial charge in [-0.05, 0) is 48.9 Å². The molecule has 0 aliphatic rings. The number of ether oxygens (including phenoxy) is 1. The standard InChI is InChI=1S/C19H17FN6O2/c1-12-22-18(24-26(12)10-13-3-2-4-15(21)9-13)19-23-17(25-28-19)14-5-7-16(8-6-14)27-11-20/h2-9H,10-11,21H2,1H3. The number of nitrogen functional groups attached to an aromatic ring is 1. The van der Waals surface area contributed by atoms with Crippen molar-refractivity contribution in [2.24, 2.45) is 0 Å². The second kappa shape index (κ2) is 7.47. The molecule has 2 aromatic carbocycles. The van der Waals surface area contributed by atoms with E-state index in [1.54, 1.807) is 28.9 Å². The SMILES string of the molecule is Cc1nc(-c2nc(-c3ccc(OCF)cc3)no2)nn1Cc1cccc(N)c1. The highest BCUT2D eigenvalue weighted by Crippen LogP contribution is 2.23. The first-order valence-electron chi connectivity index (χ1n) is 8.51. The van der Waals surface area contributed by atoms with Gasteiger partial charge >= 0.3 is 0 Å². The van der Waals surface area contributed by atoms with Gasteiger partial charge in [-0.2, -0.15) is 4.98 Å². The Hall–Kier alpha value is -3.75. The molecule has 0 atom stereocenters. The van der Waals surface area contributed by atoms with E-state index in [9.17, 15) is 4.39 Å². The summed E-state index contributed by atoms with van der Waals surface area (Å²) in [5, 5.41) is 8.42. The van der Waals surface area contributed by atoms with Crippen molar-refractivity contribution in [3.63, 3.8) is 0 Å². The van der Waals surface area contributed by atoms with Gasteiger partial charge in [-0.3, -0.25) is 0 Å². The van der Waals surface area contributed by atoms with E-state index in [0.29, 0.717) is 41.0 Å². The smallest absolute Gasteiger partial charge is 0.297 e. The summed E-state index contributed by atoms with van der Waals surface area (Å²) in [4.78, 5) is 8.76. The van der Waals surface area contributed by atoms with Gasteiger partial charge < -0.3 is 15.0 Å². The Morgan fingerprint density at radius 3 is 2.68 bits per heavy atom. The Bertz CT molecular complexity index is 1090. The van der Waals surface area contributed by atoms with Crippen molar-refractivity contribution in [2.45, 2.75) is 13.5 Å². The van der Waals surface area contributed by atoms with E-state index in [-0.39, 0.29) is 5.89 Å². The monoisotopic (exact) mass is 380 g/mol. The molecule has 142 valence electrons. The van der Waals surface area contributed by atoms with Gasteiger partial charge in [-0.1, -0.05) is 17.3 Å². The number of nitrogens with two attached hydrogens (primary N) is 1. The summed E-state index contributed by atoms with van der Waals surface area (Å²) in [5.74, 6) is 2.08. The fourth-order valence-corrected chi connectivity index (χ4v) is 2.72. The number of alkyl halides is 1. The topological polar surface area (TPSA) is 105 Å². The molecule has 2 heterocycles. The number of anilines is 1. The van der Waals surface area contributed by atoms with Gasteiger partial charge in [0.15, 0.2) is 0 Å². The summed E-state index contributed by atoms with van der Waals surface area (Å²) in [6.07, 6.45) is 0. The van der Waals surface area contributed by atoms with E-state index in [0.717, 1.165) is 5.56 Å². The van der Waals surface area contributed by atoms with E-state index in [2.05, 4.69) is 20.2 Å². The van der Waals surface area contributed by atoms with Crippen LogP contribution in [0.5, 0.6) is 5.75 Å². The maximum atomic E-state index is 12.2. The highest BCUT2D eigenvalue weighted by Gasteiger charge is 2.17. The molecule has 0 fully saturated rings. The van der Waals surface area contributed by atoms with E-state index in [4.69, 9.17) is 15.0 Å². The van der Waals surface area contributed by atoms with E-state index in [1.807, 2.05) is 31.2 Å². The molecule has 8 nitrogen and oxygen atoms in total.